The molecule has 0 bridgehead atoms. The monoisotopic (exact) mass is 186 g/mol. The highest BCUT2D eigenvalue weighted by atomic mass is 16.5. The van der Waals surface area contributed by atoms with E-state index in [0.717, 1.165) is 25.5 Å². The van der Waals surface area contributed by atoms with Gasteiger partial charge in [-0.25, -0.2) is 0 Å². The predicted octanol–water partition coefficient (Wildman–Crippen LogP) is 0.694. The molecule has 0 unspecified atom stereocenters. The van der Waals surface area contributed by atoms with Gasteiger partial charge in [-0.2, -0.15) is 0 Å². The normalized spacial score (nSPS) is 20.8. The zero-order chi connectivity index (χ0) is 9.52. The molecular formula is C10H22N2O. The molecule has 0 amide bonds. The Morgan fingerprint density at radius 2 is 2.08 bits per heavy atom. The third-order valence-electron chi connectivity index (χ3n) is 2.79. The fourth-order valence-electron chi connectivity index (χ4n) is 1.93. The van der Waals surface area contributed by atoms with Crippen LogP contribution in [0.4, 0.5) is 0 Å². The summed E-state index contributed by atoms with van der Waals surface area (Å²) in [6, 6.07) is 0. The van der Waals surface area contributed by atoms with Gasteiger partial charge in [-0.1, -0.05) is 0 Å². The van der Waals surface area contributed by atoms with Crippen LogP contribution in [-0.4, -0.2) is 44.8 Å². The summed E-state index contributed by atoms with van der Waals surface area (Å²) in [5.41, 5.74) is 5.47. The lowest BCUT2D eigenvalue weighted by molar-refractivity contribution is 0.0993. The van der Waals surface area contributed by atoms with E-state index in [1.165, 1.54) is 32.5 Å². The van der Waals surface area contributed by atoms with Gasteiger partial charge in [-0.15, -0.1) is 0 Å². The maximum absolute atomic E-state index is 5.47. The summed E-state index contributed by atoms with van der Waals surface area (Å²) >= 11 is 0. The van der Waals surface area contributed by atoms with E-state index in [-0.39, 0.29) is 0 Å². The Morgan fingerprint density at radius 3 is 2.62 bits per heavy atom. The first kappa shape index (κ1) is 11.0. The summed E-state index contributed by atoms with van der Waals surface area (Å²) in [6.45, 7) is 5.39. The average molecular weight is 186 g/mol. The van der Waals surface area contributed by atoms with Gasteiger partial charge in [0.15, 0.2) is 0 Å². The number of ether oxygens (including phenoxy) is 1. The second kappa shape index (κ2) is 6.35. The van der Waals surface area contributed by atoms with Crippen molar-refractivity contribution in [2.45, 2.75) is 19.3 Å². The van der Waals surface area contributed by atoms with Crippen molar-refractivity contribution in [1.82, 2.24) is 4.90 Å². The van der Waals surface area contributed by atoms with Crippen LogP contribution in [0.5, 0.6) is 0 Å². The van der Waals surface area contributed by atoms with Crippen molar-refractivity contribution in [1.29, 1.82) is 0 Å². The van der Waals surface area contributed by atoms with Crippen LogP contribution in [-0.2, 0) is 4.74 Å². The smallest absolute Gasteiger partial charge is 0.0491 e. The van der Waals surface area contributed by atoms with Gasteiger partial charge in [0.1, 0.15) is 0 Å². The summed E-state index contributed by atoms with van der Waals surface area (Å²) in [7, 11) is 1.79. The Labute approximate surface area is 81.2 Å². The van der Waals surface area contributed by atoms with Crippen molar-refractivity contribution in [3.8, 4) is 0 Å². The number of hydrogen-bond acceptors (Lipinski definition) is 3. The van der Waals surface area contributed by atoms with Gasteiger partial charge in [0, 0.05) is 13.7 Å². The molecule has 0 atom stereocenters. The molecule has 1 saturated heterocycles. The quantitative estimate of drug-likeness (QED) is 0.686. The van der Waals surface area contributed by atoms with Crippen LogP contribution in [0.15, 0.2) is 0 Å². The Morgan fingerprint density at radius 1 is 1.38 bits per heavy atom. The molecule has 1 heterocycles. The minimum absolute atomic E-state index is 0.791. The van der Waals surface area contributed by atoms with Gasteiger partial charge in [0.25, 0.3) is 0 Å². The standard InChI is InChI=1S/C10H22N2O/c1-13-9-10-3-7-12(8-4-10)6-2-5-11/h10H,2-9,11H2,1H3. The van der Waals surface area contributed by atoms with Crippen LogP contribution in [0, 0.1) is 5.92 Å². The van der Waals surface area contributed by atoms with E-state index in [4.69, 9.17) is 10.5 Å². The molecule has 0 aromatic carbocycles. The fraction of sp³-hybridized carbons (Fsp3) is 1.00. The van der Waals surface area contributed by atoms with Gasteiger partial charge < -0.3 is 15.4 Å². The Hall–Kier alpha value is -0.120. The van der Waals surface area contributed by atoms with Crippen molar-refractivity contribution < 1.29 is 4.74 Å². The molecule has 1 fully saturated rings. The molecule has 0 aromatic heterocycles. The van der Waals surface area contributed by atoms with E-state index >= 15 is 0 Å². The fourth-order valence-corrected chi connectivity index (χ4v) is 1.93. The van der Waals surface area contributed by atoms with E-state index < -0.39 is 0 Å². The summed E-state index contributed by atoms with van der Waals surface area (Å²) in [5.74, 6) is 0.791. The molecule has 1 aliphatic rings. The summed E-state index contributed by atoms with van der Waals surface area (Å²) in [6.07, 6.45) is 3.71. The molecule has 0 saturated carbocycles. The average Bonchev–Trinajstić information content (AvgIpc) is 2.17. The maximum atomic E-state index is 5.47. The Kier molecular flexibility index (Phi) is 5.35. The lowest BCUT2D eigenvalue weighted by Gasteiger charge is -2.31. The number of nitrogens with zero attached hydrogens (tertiary/aromatic N) is 1. The van der Waals surface area contributed by atoms with Crippen molar-refractivity contribution in [2.24, 2.45) is 11.7 Å². The molecule has 3 nitrogen and oxygen atoms in total. The lowest BCUT2D eigenvalue weighted by Crippen LogP contribution is -2.36. The predicted molar refractivity (Wildman–Crippen MR) is 54.7 cm³/mol. The molecule has 0 radical (unpaired) electrons. The van der Waals surface area contributed by atoms with Crippen LogP contribution >= 0.6 is 0 Å². The van der Waals surface area contributed by atoms with Crippen molar-refractivity contribution in [2.75, 3.05) is 39.9 Å². The maximum Gasteiger partial charge on any atom is 0.0491 e. The second-order valence-electron chi connectivity index (χ2n) is 3.88. The van der Waals surface area contributed by atoms with Gasteiger partial charge in [0.05, 0.1) is 0 Å². The van der Waals surface area contributed by atoms with Crippen LogP contribution in [0.1, 0.15) is 19.3 Å². The first-order valence-electron chi connectivity index (χ1n) is 5.28. The Balaban J connectivity index is 2.08. The topological polar surface area (TPSA) is 38.5 Å². The van der Waals surface area contributed by atoms with Crippen LogP contribution in [0.3, 0.4) is 0 Å². The molecule has 0 aromatic rings. The summed E-state index contributed by atoms with van der Waals surface area (Å²) < 4.78 is 5.16. The third-order valence-corrected chi connectivity index (χ3v) is 2.79. The van der Waals surface area contributed by atoms with Crippen molar-refractivity contribution in [3.05, 3.63) is 0 Å². The van der Waals surface area contributed by atoms with Gasteiger partial charge in [-0.3, -0.25) is 0 Å². The molecular weight excluding hydrogens is 164 g/mol. The third kappa shape index (κ3) is 4.07. The molecule has 0 aliphatic carbocycles. The summed E-state index contributed by atoms with van der Waals surface area (Å²) in [5, 5.41) is 0. The highest BCUT2D eigenvalue weighted by molar-refractivity contribution is 4.71. The molecule has 1 aliphatic heterocycles. The van der Waals surface area contributed by atoms with Crippen LogP contribution in [0.25, 0.3) is 0 Å². The molecule has 1 rings (SSSR count). The minimum Gasteiger partial charge on any atom is -0.384 e. The Bertz CT molecular complexity index is 122. The highest BCUT2D eigenvalue weighted by Gasteiger charge is 2.17. The molecule has 0 spiro atoms. The number of likely N-dealkylation sites (tertiary alicyclic amines) is 1. The highest BCUT2D eigenvalue weighted by Crippen LogP contribution is 2.16. The zero-order valence-electron chi connectivity index (χ0n) is 8.67. The SMILES string of the molecule is COCC1CCN(CCCN)CC1. The molecule has 13 heavy (non-hydrogen) atoms. The first-order valence-corrected chi connectivity index (χ1v) is 5.28. The van der Waals surface area contributed by atoms with Crippen LogP contribution < -0.4 is 5.73 Å². The number of rotatable bonds is 5. The van der Waals surface area contributed by atoms with E-state index in [9.17, 15) is 0 Å². The largest absolute Gasteiger partial charge is 0.384 e. The van der Waals surface area contributed by atoms with Crippen molar-refractivity contribution in [3.63, 3.8) is 0 Å². The number of piperidine rings is 1. The number of hydrogen-bond donors (Lipinski definition) is 1. The van der Waals surface area contributed by atoms with Gasteiger partial charge >= 0.3 is 0 Å². The molecule has 3 heteroatoms. The minimum atomic E-state index is 0.791. The van der Waals surface area contributed by atoms with Crippen LogP contribution in [0.2, 0.25) is 0 Å². The summed E-state index contributed by atoms with van der Waals surface area (Å²) in [4.78, 5) is 2.51. The van der Waals surface area contributed by atoms with Crippen molar-refractivity contribution >= 4 is 0 Å². The zero-order valence-corrected chi connectivity index (χ0v) is 8.67. The van der Waals surface area contributed by atoms with E-state index in [0.29, 0.717) is 0 Å². The van der Waals surface area contributed by atoms with E-state index in [2.05, 4.69) is 4.90 Å². The van der Waals surface area contributed by atoms with E-state index in [1.54, 1.807) is 7.11 Å². The number of methoxy groups -OCH3 is 1. The number of nitrogens with two attached hydrogens (primary N) is 1. The van der Waals surface area contributed by atoms with Gasteiger partial charge in [0.2, 0.25) is 0 Å². The molecule has 2 N–H and O–H groups in total. The van der Waals surface area contributed by atoms with Gasteiger partial charge in [-0.05, 0) is 51.4 Å². The molecule has 78 valence electrons. The first-order chi connectivity index (χ1) is 6.36. The second-order valence-corrected chi connectivity index (χ2v) is 3.88. The lowest BCUT2D eigenvalue weighted by atomic mass is 9.98. The van der Waals surface area contributed by atoms with E-state index in [1.807, 2.05) is 0 Å².